The summed E-state index contributed by atoms with van der Waals surface area (Å²) in [6.45, 7) is 0.627. The molecule has 0 aromatic carbocycles. The first-order valence-electron chi connectivity index (χ1n) is 4.52. The Bertz CT molecular complexity index is 338. The summed E-state index contributed by atoms with van der Waals surface area (Å²) in [5.74, 6) is -0.108. The van der Waals surface area contributed by atoms with Crippen LogP contribution in [-0.2, 0) is 9.59 Å². The van der Waals surface area contributed by atoms with Crippen molar-refractivity contribution in [3.05, 3.63) is 12.3 Å². The number of amides is 2. The average Bonchev–Trinajstić information content (AvgIpc) is 2.52. The number of carbonyl (C=O) groups excluding carboxylic acids is 2. The zero-order chi connectivity index (χ0) is 10.1. The van der Waals surface area contributed by atoms with Crippen molar-refractivity contribution in [2.24, 2.45) is 0 Å². The lowest BCUT2D eigenvalue weighted by molar-refractivity contribution is -0.153. The second-order valence-corrected chi connectivity index (χ2v) is 3.84. The molecule has 0 bridgehead atoms. The molecule has 0 atom stereocenters. The molecule has 2 aliphatic heterocycles. The highest BCUT2D eigenvalue weighted by molar-refractivity contribution is 7.80. The average molecular weight is 210 g/mol. The highest BCUT2D eigenvalue weighted by atomic mass is 32.1. The number of thiocarbonyl (C=S) groups is 1. The van der Waals surface area contributed by atoms with Crippen LogP contribution in [-0.4, -0.2) is 33.2 Å². The minimum absolute atomic E-state index is 0.0100. The van der Waals surface area contributed by atoms with Crippen molar-refractivity contribution in [2.45, 2.75) is 19.3 Å². The SMILES string of the molecule is O=C1CC(=S)C=CN1N1CCCC1=O. The van der Waals surface area contributed by atoms with Crippen LogP contribution in [0, 0.1) is 0 Å². The summed E-state index contributed by atoms with van der Waals surface area (Å²) >= 11 is 4.90. The normalized spacial score (nSPS) is 22.4. The molecule has 0 radical (unpaired) electrons. The molecular weight excluding hydrogens is 200 g/mol. The lowest BCUT2D eigenvalue weighted by atomic mass is 10.2. The van der Waals surface area contributed by atoms with Gasteiger partial charge in [-0.25, -0.2) is 10.0 Å². The zero-order valence-electron chi connectivity index (χ0n) is 7.60. The maximum atomic E-state index is 11.5. The summed E-state index contributed by atoms with van der Waals surface area (Å²) in [5.41, 5.74) is 0. The Balaban J connectivity index is 2.18. The molecule has 1 fully saturated rings. The van der Waals surface area contributed by atoms with Crippen LogP contribution < -0.4 is 0 Å². The van der Waals surface area contributed by atoms with Gasteiger partial charge >= 0.3 is 0 Å². The molecule has 0 N–H and O–H groups in total. The Morgan fingerprint density at radius 1 is 1.29 bits per heavy atom. The van der Waals surface area contributed by atoms with Crippen molar-refractivity contribution in [1.29, 1.82) is 0 Å². The fourth-order valence-corrected chi connectivity index (χ4v) is 1.79. The predicted molar refractivity (Wildman–Crippen MR) is 54.1 cm³/mol. The van der Waals surface area contributed by atoms with Gasteiger partial charge < -0.3 is 0 Å². The van der Waals surface area contributed by atoms with Crippen LogP contribution in [0.25, 0.3) is 0 Å². The number of hydrazine groups is 1. The van der Waals surface area contributed by atoms with Gasteiger partial charge in [0.05, 0.1) is 6.42 Å². The third-order valence-electron chi connectivity index (χ3n) is 2.29. The van der Waals surface area contributed by atoms with E-state index in [4.69, 9.17) is 12.2 Å². The third kappa shape index (κ3) is 1.55. The topological polar surface area (TPSA) is 40.6 Å². The highest BCUT2D eigenvalue weighted by Gasteiger charge is 2.30. The van der Waals surface area contributed by atoms with E-state index in [1.807, 2.05) is 0 Å². The molecule has 4 nitrogen and oxygen atoms in total. The fraction of sp³-hybridized carbons (Fsp3) is 0.444. The minimum atomic E-state index is -0.118. The Kier molecular flexibility index (Phi) is 2.33. The molecular formula is C9H10N2O2S. The van der Waals surface area contributed by atoms with E-state index >= 15 is 0 Å². The lowest BCUT2D eigenvalue weighted by Gasteiger charge is -2.30. The number of hydrogen-bond donors (Lipinski definition) is 0. The van der Waals surface area contributed by atoms with Crippen LogP contribution in [0.3, 0.4) is 0 Å². The van der Waals surface area contributed by atoms with Gasteiger partial charge in [0.15, 0.2) is 0 Å². The van der Waals surface area contributed by atoms with Crippen LogP contribution >= 0.6 is 12.2 Å². The zero-order valence-corrected chi connectivity index (χ0v) is 8.42. The summed E-state index contributed by atoms with van der Waals surface area (Å²) in [5, 5.41) is 2.87. The van der Waals surface area contributed by atoms with Gasteiger partial charge in [-0.05, 0) is 12.5 Å². The van der Waals surface area contributed by atoms with Crippen LogP contribution in [0.1, 0.15) is 19.3 Å². The second kappa shape index (κ2) is 3.49. The Morgan fingerprint density at radius 2 is 2.07 bits per heavy atom. The van der Waals surface area contributed by atoms with Crippen molar-refractivity contribution in [3.63, 3.8) is 0 Å². The quantitative estimate of drug-likeness (QED) is 0.596. The van der Waals surface area contributed by atoms with Gasteiger partial charge in [-0.2, -0.15) is 0 Å². The maximum absolute atomic E-state index is 11.5. The summed E-state index contributed by atoms with van der Waals surface area (Å²) < 4.78 is 0. The van der Waals surface area contributed by atoms with E-state index in [9.17, 15) is 9.59 Å². The number of nitrogens with zero attached hydrogens (tertiary/aromatic N) is 2. The number of allylic oxidation sites excluding steroid dienone is 1. The standard InChI is InChI=1S/C9H10N2O2S/c12-8-2-1-4-10(8)11-5-3-7(14)6-9(11)13/h3,5H,1-2,4,6H2. The van der Waals surface area contributed by atoms with Crippen molar-refractivity contribution in [2.75, 3.05) is 6.54 Å². The van der Waals surface area contributed by atoms with E-state index in [0.717, 1.165) is 6.42 Å². The van der Waals surface area contributed by atoms with Gasteiger partial charge in [0, 0.05) is 24.0 Å². The Hall–Kier alpha value is -1.23. The summed E-state index contributed by atoms with van der Waals surface area (Å²) in [7, 11) is 0. The molecule has 2 aliphatic rings. The smallest absolute Gasteiger partial charge is 0.250 e. The van der Waals surface area contributed by atoms with Gasteiger partial charge in [0.25, 0.3) is 5.91 Å². The fourth-order valence-electron chi connectivity index (χ4n) is 1.60. The van der Waals surface area contributed by atoms with Gasteiger partial charge in [-0.3, -0.25) is 9.59 Å². The molecule has 0 aliphatic carbocycles. The molecule has 5 heteroatoms. The molecule has 2 heterocycles. The molecule has 74 valence electrons. The van der Waals surface area contributed by atoms with Crippen molar-refractivity contribution in [3.8, 4) is 0 Å². The van der Waals surface area contributed by atoms with Crippen LogP contribution in [0.2, 0.25) is 0 Å². The first-order valence-corrected chi connectivity index (χ1v) is 4.92. The second-order valence-electron chi connectivity index (χ2n) is 3.32. The summed E-state index contributed by atoms with van der Waals surface area (Å²) in [6, 6.07) is 0. The first-order chi connectivity index (χ1) is 6.68. The van der Waals surface area contributed by atoms with Crippen LogP contribution in [0.5, 0.6) is 0 Å². The molecule has 0 saturated carbocycles. The van der Waals surface area contributed by atoms with Crippen molar-refractivity contribution in [1.82, 2.24) is 10.0 Å². The maximum Gasteiger partial charge on any atom is 0.250 e. The van der Waals surface area contributed by atoms with E-state index in [1.54, 1.807) is 12.3 Å². The molecule has 0 unspecified atom stereocenters. The molecule has 2 rings (SSSR count). The molecule has 14 heavy (non-hydrogen) atoms. The summed E-state index contributed by atoms with van der Waals surface area (Å²) in [6.07, 6.45) is 4.86. The third-order valence-corrected chi connectivity index (χ3v) is 2.57. The first kappa shape index (κ1) is 9.33. The molecule has 0 aromatic rings. The van der Waals surface area contributed by atoms with Gasteiger partial charge in [0.2, 0.25) is 5.91 Å². The lowest BCUT2D eigenvalue weighted by Crippen LogP contribution is -2.45. The highest BCUT2D eigenvalue weighted by Crippen LogP contribution is 2.17. The van der Waals surface area contributed by atoms with E-state index < -0.39 is 0 Å². The van der Waals surface area contributed by atoms with E-state index in [2.05, 4.69) is 0 Å². The Labute approximate surface area is 87.1 Å². The molecule has 0 aromatic heterocycles. The number of hydrogen-bond acceptors (Lipinski definition) is 3. The predicted octanol–water partition coefficient (Wildman–Crippen LogP) is 0.640. The molecule has 2 amide bonds. The monoisotopic (exact) mass is 210 g/mol. The van der Waals surface area contributed by atoms with E-state index in [0.29, 0.717) is 17.8 Å². The number of carbonyl (C=O) groups is 2. The summed E-state index contributed by atoms with van der Waals surface area (Å²) in [4.78, 5) is 23.5. The number of rotatable bonds is 1. The van der Waals surface area contributed by atoms with Crippen molar-refractivity contribution < 1.29 is 9.59 Å². The van der Waals surface area contributed by atoms with Crippen LogP contribution in [0.4, 0.5) is 0 Å². The minimum Gasteiger partial charge on any atom is -0.273 e. The molecule has 0 spiro atoms. The van der Waals surface area contributed by atoms with Gasteiger partial charge in [-0.15, -0.1) is 0 Å². The van der Waals surface area contributed by atoms with E-state index in [1.165, 1.54) is 10.0 Å². The largest absolute Gasteiger partial charge is 0.273 e. The van der Waals surface area contributed by atoms with Crippen LogP contribution in [0.15, 0.2) is 12.3 Å². The molecule has 1 saturated heterocycles. The van der Waals surface area contributed by atoms with E-state index in [-0.39, 0.29) is 18.2 Å². The van der Waals surface area contributed by atoms with Crippen molar-refractivity contribution >= 4 is 28.9 Å². The van der Waals surface area contributed by atoms with Gasteiger partial charge in [-0.1, -0.05) is 12.2 Å². The van der Waals surface area contributed by atoms with Gasteiger partial charge in [0.1, 0.15) is 0 Å². The Morgan fingerprint density at radius 3 is 2.64 bits per heavy atom.